The van der Waals surface area contributed by atoms with Gasteiger partial charge in [0.15, 0.2) is 0 Å². The maximum absolute atomic E-state index is 13.0. The summed E-state index contributed by atoms with van der Waals surface area (Å²) in [5.74, 6) is -0.531. The van der Waals surface area contributed by atoms with Crippen LogP contribution in [0.3, 0.4) is 0 Å². The summed E-state index contributed by atoms with van der Waals surface area (Å²) in [4.78, 5) is 26.3. The SMILES string of the molecule is O=C(NCc1cccc(C(F)(F)F)c1Cl)[C@@H]1CCC(=O)N1Cc1ccccc1. The van der Waals surface area contributed by atoms with Gasteiger partial charge in [-0.3, -0.25) is 9.59 Å². The van der Waals surface area contributed by atoms with Crippen LogP contribution in [-0.4, -0.2) is 22.8 Å². The van der Waals surface area contributed by atoms with Crippen LogP contribution in [0.2, 0.25) is 5.02 Å². The van der Waals surface area contributed by atoms with Crippen LogP contribution in [0.4, 0.5) is 13.2 Å². The smallest absolute Gasteiger partial charge is 0.350 e. The minimum absolute atomic E-state index is 0.124. The molecule has 148 valence electrons. The first-order chi connectivity index (χ1) is 13.3. The highest BCUT2D eigenvalue weighted by molar-refractivity contribution is 6.32. The molecule has 0 aliphatic carbocycles. The van der Waals surface area contributed by atoms with Crippen molar-refractivity contribution in [1.82, 2.24) is 10.2 Å². The molecule has 1 aliphatic rings. The highest BCUT2D eigenvalue weighted by Crippen LogP contribution is 2.36. The fraction of sp³-hybridized carbons (Fsp3) is 0.300. The number of rotatable bonds is 5. The predicted molar refractivity (Wildman–Crippen MR) is 98.3 cm³/mol. The van der Waals surface area contributed by atoms with Gasteiger partial charge in [-0.1, -0.05) is 54.1 Å². The Hall–Kier alpha value is -2.54. The van der Waals surface area contributed by atoms with Gasteiger partial charge in [-0.2, -0.15) is 13.2 Å². The minimum atomic E-state index is -4.57. The van der Waals surface area contributed by atoms with Crippen LogP contribution in [0.1, 0.15) is 29.5 Å². The first-order valence-electron chi connectivity index (χ1n) is 8.73. The molecule has 1 fully saturated rings. The first-order valence-corrected chi connectivity index (χ1v) is 9.11. The van der Waals surface area contributed by atoms with Crippen LogP contribution >= 0.6 is 11.6 Å². The lowest BCUT2D eigenvalue weighted by atomic mass is 10.1. The van der Waals surface area contributed by atoms with Crippen LogP contribution in [0, 0.1) is 0 Å². The van der Waals surface area contributed by atoms with E-state index in [0.29, 0.717) is 13.0 Å². The second-order valence-electron chi connectivity index (χ2n) is 6.56. The zero-order chi connectivity index (χ0) is 20.3. The molecule has 1 aliphatic heterocycles. The Morgan fingerprint density at radius 1 is 1.14 bits per heavy atom. The Kier molecular flexibility index (Phi) is 5.93. The van der Waals surface area contributed by atoms with Crippen molar-refractivity contribution < 1.29 is 22.8 Å². The quantitative estimate of drug-likeness (QED) is 0.804. The van der Waals surface area contributed by atoms with Crippen molar-refractivity contribution in [3.8, 4) is 0 Å². The zero-order valence-electron chi connectivity index (χ0n) is 14.8. The maximum Gasteiger partial charge on any atom is 0.417 e. The lowest BCUT2D eigenvalue weighted by Gasteiger charge is -2.24. The number of benzene rings is 2. The lowest BCUT2D eigenvalue weighted by Crippen LogP contribution is -2.44. The number of amides is 2. The summed E-state index contributed by atoms with van der Waals surface area (Å²) in [6, 6.07) is 12.2. The second kappa shape index (κ2) is 8.22. The average Bonchev–Trinajstić information content (AvgIpc) is 3.01. The summed E-state index contributed by atoms with van der Waals surface area (Å²) in [6.45, 7) is 0.160. The number of hydrogen-bond acceptors (Lipinski definition) is 2. The van der Waals surface area contributed by atoms with Crippen LogP contribution in [0.15, 0.2) is 48.5 Å². The number of nitrogens with zero attached hydrogens (tertiary/aromatic N) is 1. The molecule has 2 aromatic rings. The summed E-state index contributed by atoms with van der Waals surface area (Å²) in [6.07, 6.45) is -3.94. The number of carbonyl (C=O) groups is 2. The van der Waals surface area contributed by atoms with Gasteiger partial charge in [-0.15, -0.1) is 0 Å². The Bertz CT molecular complexity index is 871. The Balaban J connectivity index is 1.68. The van der Waals surface area contributed by atoms with E-state index in [4.69, 9.17) is 11.6 Å². The van der Waals surface area contributed by atoms with E-state index < -0.39 is 28.7 Å². The average molecular weight is 411 g/mol. The Labute approximate surface area is 165 Å². The van der Waals surface area contributed by atoms with E-state index in [-0.39, 0.29) is 24.4 Å². The van der Waals surface area contributed by atoms with E-state index in [1.807, 2.05) is 30.3 Å². The highest BCUT2D eigenvalue weighted by atomic mass is 35.5. The Morgan fingerprint density at radius 2 is 1.86 bits per heavy atom. The molecule has 2 aromatic carbocycles. The van der Waals surface area contributed by atoms with E-state index in [2.05, 4.69) is 5.32 Å². The number of halogens is 4. The van der Waals surface area contributed by atoms with Crippen molar-refractivity contribution in [2.24, 2.45) is 0 Å². The predicted octanol–water partition coefficient (Wildman–Crippen LogP) is 4.17. The van der Waals surface area contributed by atoms with E-state index >= 15 is 0 Å². The fourth-order valence-corrected chi connectivity index (χ4v) is 3.52. The van der Waals surface area contributed by atoms with E-state index in [0.717, 1.165) is 11.6 Å². The van der Waals surface area contributed by atoms with Gasteiger partial charge in [-0.05, 0) is 23.6 Å². The van der Waals surface area contributed by atoms with E-state index in [1.165, 1.54) is 17.0 Å². The highest BCUT2D eigenvalue weighted by Gasteiger charge is 2.36. The maximum atomic E-state index is 13.0. The van der Waals surface area contributed by atoms with Gasteiger partial charge in [-0.25, -0.2) is 0 Å². The fourth-order valence-electron chi connectivity index (χ4n) is 3.22. The molecule has 1 atom stereocenters. The lowest BCUT2D eigenvalue weighted by molar-refractivity contribution is -0.137. The summed E-state index contributed by atoms with van der Waals surface area (Å²) in [5, 5.41) is 2.18. The van der Waals surface area contributed by atoms with Gasteiger partial charge in [0.1, 0.15) is 6.04 Å². The topological polar surface area (TPSA) is 49.4 Å². The third-order valence-corrected chi connectivity index (χ3v) is 5.11. The minimum Gasteiger partial charge on any atom is -0.350 e. The van der Waals surface area contributed by atoms with Crippen molar-refractivity contribution in [1.29, 1.82) is 0 Å². The third-order valence-electron chi connectivity index (χ3n) is 4.66. The molecule has 0 radical (unpaired) electrons. The van der Waals surface area contributed by atoms with Crippen molar-refractivity contribution in [3.63, 3.8) is 0 Å². The molecule has 1 N–H and O–H groups in total. The molecule has 1 saturated heterocycles. The molecule has 28 heavy (non-hydrogen) atoms. The molecular weight excluding hydrogens is 393 g/mol. The van der Waals surface area contributed by atoms with Gasteiger partial charge >= 0.3 is 6.18 Å². The third kappa shape index (κ3) is 4.47. The summed E-state index contributed by atoms with van der Waals surface area (Å²) in [7, 11) is 0. The van der Waals surface area contributed by atoms with Crippen molar-refractivity contribution in [3.05, 3.63) is 70.2 Å². The molecule has 1 heterocycles. The largest absolute Gasteiger partial charge is 0.417 e. The van der Waals surface area contributed by atoms with Crippen molar-refractivity contribution in [2.45, 2.75) is 38.1 Å². The molecular formula is C20H18ClF3N2O2. The first kappa shape index (κ1) is 20.2. The summed E-state index contributed by atoms with van der Waals surface area (Å²) < 4.78 is 38.9. The monoisotopic (exact) mass is 410 g/mol. The number of carbonyl (C=O) groups excluding carboxylic acids is 2. The molecule has 2 amide bonds. The zero-order valence-corrected chi connectivity index (χ0v) is 15.6. The van der Waals surface area contributed by atoms with E-state index in [1.54, 1.807) is 0 Å². The van der Waals surface area contributed by atoms with Crippen LogP contribution < -0.4 is 5.32 Å². The normalized spacial score (nSPS) is 17.1. The number of likely N-dealkylation sites (tertiary alicyclic amines) is 1. The standard InChI is InChI=1S/C20H18ClF3N2O2/c21-18-14(7-4-8-15(18)20(22,23)24)11-25-19(28)16-9-10-17(27)26(16)12-13-5-2-1-3-6-13/h1-8,16H,9-12H2,(H,25,28)/t16-/m0/s1. The van der Waals surface area contributed by atoms with Crippen LogP contribution in [0.5, 0.6) is 0 Å². The number of hydrogen-bond donors (Lipinski definition) is 1. The van der Waals surface area contributed by atoms with Crippen LogP contribution in [-0.2, 0) is 28.9 Å². The molecule has 4 nitrogen and oxygen atoms in total. The molecule has 3 rings (SSSR count). The summed E-state index contributed by atoms with van der Waals surface area (Å²) in [5.41, 5.74) is 0.128. The van der Waals surface area contributed by atoms with Gasteiger partial charge in [0, 0.05) is 19.5 Å². The number of alkyl halides is 3. The molecule has 0 spiro atoms. The second-order valence-corrected chi connectivity index (χ2v) is 6.93. The molecule has 8 heteroatoms. The van der Waals surface area contributed by atoms with Gasteiger partial charge in [0.25, 0.3) is 0 Å². The number of nitrogens with one attached hydrogen (secondary N) is 1. The van der Waals surface area contributed by atoms with E-state index in [9.17, 15) is 22.8 Å². The van der Waals surface area contributed by atoms with Crippen molar-refractivity contribution >= 4 is 23.4 Å². The van der Waals surface area contributed by atoms with Gasteiger partial charge in [0.2, 0.25) is 11.8 Å². The Morgan fingerprint density at radius 3 is 2.54 bits per heavy atom. The van der Waals surface area contributed by atoms with Gasteiger partial charge < -0.3 is 10.2 Å². The van der Waals surface area contributed by atoms with Crippen molar-refractivity contribution in [2.75, 3.05) is 0 Å². The molecule has 0 saturated carbocycles. The van der Waals surface area contributed by atoms with Gasteiger partial charge in [0.05, 0.1) is 10.6 Å². The summed E-state index contributed by atoms with van der Waals surface area (Å²) >= 11 is 5.86. The van der Waals surface area contributed by atoms with Crippen LogP contribution in [0.25, 0.3) is 0 Å². The molecule has 0 aromatic heterocycles. The molecule has 0 unspecified atom stereocenters. The molecule has 0 bridgehead atoms.